The molecule has 1 N–H and O–H groups in total. The smallest absolute Gasteiger partial charge is 0.227 e. The van der Waals surface area contributed by atoms with E-state index >= 15 is 0 Å². The Morgan fingerprint density at radius 3 is 2.40 bits per heavy atom. The summed E-state index contributed by atoms with van der Waals surface area (Å²) < 4.78 is 1.21. The van der Waals surface area contributed by atoms with Crippen molar-refractivity contribution in [1.29, 1.82) is 0 Å². The molecule has 1 fully saturated rings. The third kappa shape index (κ3) is 3.81. The third-order valence-corrected chi connectivity index (χ3v) is 6.79. The summed E-state index contributed by atoms with van der Waals surface area (Å²) in [5.41, 5.74) is 4.09. The van der Waals surface area contributed by atoms with Crippen molar-refractivity contribution in [2.45, 2.75) is 12.8 Å². The number of rotatable bonds is 4. The number of nitrogens with one attached hydrogen (secondary N) is 1. The van der Waals surface area contributed by atoms with E-state index in [0.717, 1.165) is 53.4 Å². The zero-order valence-corrected chi connectivity index (χ0v) is 17.4. The fourth-order valence-electron chi connectivity index (χ4n) is 4.02. The normalized spacial score (nSPS) is 14.7. The molecule has 30 heavy (non-hydrogen) atoms. The van der Waals surface area contributed by atoms with E-state index in [2.05, 4.69) is 40.5 Å². The van der Waals surface area contributed by atoms with Gasteiger partial charge in [-0.2, -0.15) is 0 Å². The maximum Gasteiger partial charge on any atom is 0.227 e. The number of fused-ring (bicyclic) bond motifs is 1. The quantitative estimate of drug-likeness (QED) is 0.459. The number of hydrogen-bond acceptors (Lipinski definition) is 4. The molecular weight excluding hydrogens is 390 g/mol. The summed E-state index contributed by atoms with van der Waals surface area (Å²) in [6, 6.07) is 26.4. The minimum Gasteiger partial charge on any atom is -0.348 e. The first-order valence-electron chi connectivity index (χ1n) is 10.3. The molecule has 0 unspecified atom stereocenters. The lowest BCUT2D eigenvalue weighted by molar-refractivity contribution is -0.120. The van der Waals surface area contributed by atoms with Crippen LogP contribution in [0.3, 0.4) is 0 Å². The number of piperidine rings is 1. The Bertz CT molecular complexity index is 1130. The zero-order chi connectivity index (χ0) is 20.3. The lowest BCUT2D eigenvalue weighted by Crippen LogP contribution is -2.38. The number of thiazole rings is 1. The highest BCUT2D eigenvalue weighted by Crippen LogP contribution is 2.32. The van der Waals surface area contributed by atoms with E-state index < -0.39 is 0 Å². The largest absolute Gasteiger partial charge is 0.348 e. The van der Waals surface area contributed by atoms with Gasteiger partial charge in [0.1, 0.15) is 0 Å². The predicted molar refractivity (Wildman–Crippen MR) is 125 cm³/mol. The average molecular weight is 414 g/mol. The first kappa shape index (κ1) is 18.8. The van der Waals surface area contributed by atoms with Crippen LogP contribution in [0.2, 0.25) is 0 Å². The van der Waals surface area contributed by atoms with Crippen LogP contribution < -0.4 is 10.2 Å². The lowest BCUT2D eigenvalue weighted by atomic mass is 9.95. The van der Waals surface area contributed by atoms with Gasteiger partial charge in [-0.15, -0.1) is 0 Å². The van der Waals surface area contributed by atoms with Gasteiger partial charge in [0, 0.05) is 30.3 Å². The van der Waals surface area contributed by atoms with Crippen molar-refractivity contribution in [1.82, 2.24) is 4.98 Å². The highest BCUT2D eigenvalue weighted by Gasteiger charge is 2.27. The van der Waals surface area contributed by atoms with E-state index in [4.69, 9.17) is 4.98 Å². The summed E-state index contributed by atoms with van der Waals surface area (Å²) in [5, 5.41) is 4.24. The fourth-order valence-corrected chi connectivity index (χ4v) is 5.04. The van der Waals surface area contributed by atoms with Gasteiger partial charge in [-0.1, -0.05) is 72.0 Å². The Balaban J connectivity index is 1.26. The number of anilines is 2. The van der Waals surface area contributed by atoms with Crippen LogP contribution in [0.4, 0.5) is 10.8 Å². The maximum atomic E-state index is 13.0. The summed E-state index contributed by atoms with van der Waals surface area (Å²) in [7, 11) is 0. The molecule has 0 saturated carbocycles. The number of aromatic nitrogens is 1. The van der Waals surface area contributed by atoms with Crippen molar-refractivity contribution in [2.24, 2.45) is 5.92 Å². The molecule has 0 atom stereocenters. The van der Waals surface area contributed by atoms with Crippen molar-refractivity contribution in [3.8, 4) is 11.1 Å². The lowest BCUT2D eigenvalue weighted by Gasteiger charge is -2.31. The van der Waals surface area contributed by atoms with Crippen LogP contribution in [0.5, 0.6) is 0 Å². The van der Waals surface area contributed by atoms with Crippen LogP contribution in [0.25, 0.3) is 21.3 Å². The molecule has 1 aliphatic rings. The molecular formula is C25H23N3OS. The highest BCUT2D eigenvalue weighted by molar-refractivity contribution is 7.22. The Hall–Kier alpha value is -3.18. The molecule has 0 bridgehead atoms. The van der Waals surface area contributed by atoms with Gasteiger partial charge in [0.05, 0.1) is 10.2 Å². The Labute approximate surface area is 180 Å². The summed E-state index contributed by atoms with van der Waals surface area (Å²) >= 11 is 1.73. The molecule has 2 heterocycles. The van der Waals surface area contributed by atoms with Crippen LogP contribution in [0, 0.1) is 5.92 Å². The Morgan fingerprint density at radius 2 is 1.60 bits per heavy atom. The highest BCUT2D eigenvalue weighted by atomic mass is 32.1. The standard InChI is InChI=1S/C25H23N3OS/c29-24(26-21-11-5-4-10-20(21)18-8-2-1-3-9-18)19-14-16-28(17-15-19)25-27-22-12-6-7-13-23(22)30-25/h1-13,19H,14-17H2,(H,26,29). The number of benzene rings is 3. The van der Waals surface area contributed by atoms with Crippen LogP contribution >= 0.6 is 11.3 Å². The second-order valence-electron chi connectivity index (χ2n) is 7.63. The first-order chi connectivity index (χ1) is 14.8. The maximum absolute atomic E-state index is 13.0. The van der Waals surface area contributed by atoms with Crippen LogP contribution in [-0.4, -0.2) is 24.0 Å². The van der Waals surface area contributed by atoms with E-state index in [-0.39, 0.29) is 11.8 Å². The van der Waals surface area contributed by atoms with Gasteiger partial charge >= 0.3 is 0 Å². The predicted octanol–water partition coefficient (Wildman–Crippen LogP) is 5.82. The fraction of sp³-hybridized carbons (Fsp3) is 0.200. The second kappa shape index (κ2) is 8.28. The third-order valence-electron chi connectivity index (χ3n) is 5.69. The SMILES string of the molecule is O=C(Nc1ccccc1-c1ccccc1)C1CCN(c2nc3ccccc3s2)CC1. The molecule has 4 aromatic rings. The zero-order valence-electron chi connectivity index (χ0n) is 16.6. The number of para-hydroxylation sites is 2. The topological polar surface area (TPSA) is 45.2 Å². The van der Waals surface area contributed by atoms with Gasteiger partial charge in [-0.3, -0.25) is 4.79 Å². The van der Waals surface area contributed by atoms with Crippen LogP contribution in [0.1, 0.15) is 12.8 Å². The van der Waals surface area contributed by atoms with Gasteiger partial charge in [0.25, 0.3) is 0 Å². The van der Waals surface area contributed by atoms with Crippen LogP contribution in [0.15, 0.2) is 78.9 Å². The molecule has 1 aliphatic heterocycles. The van der Waals surface area contributed by atoms with Crippen molar-refractivity contribution in [2.75, 3.05) is 23.3 Å². The van der Waals surface area contributed by atoms with E-state index in [9.17, 15) is 4.79 Å². The molecule has 0 aliphatic carbocycles. The number of nitrogens with zero attached hydrogens (tertiary/aromatic N) is 2. The monoisotopic (exact) mass is 413 g/mol. The van der Waals surface area contributed by atoms with Gasteiger partial charge in [0.2, 0.25) is 5.91 Å². The minimum absolute atomic E-state index is 0.0273. The van der Waals surface area contributed by atoms with Gasteiger partial charge < -0.3 is 10.2 Å². The van der Waals surface area contributed by atoms with E-state index in [0.29, 0.717) is 0 Å². The molecule has 5 rings (SSSR count). The van der Waals surface area contributed by atoms with Crippen molar-refractivity contribution >= 4 is 38.3 Å². The van der Waals surface area contributed by atoms with E-state index in [1.807, 2.05) is 48.5 Å². The number of hydrogen-bond donors (Lipinski definition) is 1. The Kier molecular flexibility index (Phi) is 5.20. The van der Waals surface area contributed by atoms with Gasteiger partial charge in [-0.25, -0.2) is 4.98 Å². The summed E-state index contributed by atoms with van der Waals surface area (Å²) in [6.07, 6.45) is 1.69. The summed E-state index contributed by atoms with van der Waals surface area (Å²) in [4.78, 5) is 20.1. The first-order valence-corrected chi connectivity index (χ1v) is 11.2. The minimum atomic E-state index is 0.0273. The molecule has 0 spiro atoms. The second-order valence-corrected chi connectivity index (χ2v) is 8.64. The van der Waals surface area contributed by atoms with E-state index in [1.165, 1.54) is 4.70 Å². The van der Waals surface area contributed by atoms with Crippen LogP contribution in [-0.2, 0) is 4.79 Å². The van der Waals surface area contributed by atoms with Crippen molar-refractivity contribution in [3.05, 3.63) is 78.9 Å². The molecule has 4 nitrogen and oxygen atoms in total. The van der Waals surface area contributed by atoms with Gasteiger partial charge in [0.15, 0.2) is 5.13 Å². The number of amides is 1. The number of carbonyl (C=O) groups is 1. The molecule has 0 radical (unpaired) electrons. The summed E-state index contributed by atoms with van der Waals surface area (Å²) in [5.74, 6) is 0.141. The Morgan fingerprint density at radius 1 is 0.900 bits per heavy atom. The number of carbonyl (C=O) groups excluding carboxylic acids is 1. The molecule has 1 saturated heterocycles. The van der Waals surface area contributed by atoms with Crippen molar-refractivity contribution in [3.63, 3.8) is 0 Å². The molecule has 3 aromatic carbocycles. The summed E-state index contributed by atoms with van der Waals surface area (Å²) in [6.45, 7) is 1.72. The molecule has 1 amide bonds. The van der Waals surface area contributed by atoms with Crippen molar-refractivity contribution < 1.29 is 4.79 Å². The molecule has 1 aromatic heterocycles. The van der Waals surface area contributed by atoms with E-state index in [1.54, 1.807) is 11.3 Å². The molecule has 5 heteroatoms. The van der Waals surface area contributed by atoms with Gasteiger partial charge in [-0.05, 0) is 36.6 Å². The molecule has 150 valence electrons. The average Bonchev–Trinajstić information content (AvgIpc) is 3.24.